The van der Waals surface area contributed by atoms with Gasteiger partial charge in [-0.2, -0.15) is 0 Å². The summed E-state index contributed by atoms with van der Waals surface area (Å²) in [7, 11) is 0. The zero-order valence-electron chi connectivity index (χ0n) is 8.24. The summed E-state index contributed by atoms with van der Waals surface area (Å²) in [4.78, 5) is 5.19. The second kappa shape index (κ2) is 4.40. The van der Waals surface area contributed by atoms with Crippen molar-refractivity contribution in [3.8, 4) is 5.75 Å². The van der Waals surface area contributed by atoms with Gasteiger partial charge in [0.1, 0.15) is 18.2 Å². The van der Waals surface area contributed by atoms with E-state index in [9.17, 15) is 4.39 Å². The van der Waals surface area contributed by atoms with E-state index in [1.807, 2.05) is 6.92 Å². The number of hydrogen-bond donors (Lipinski definition) is 0. The molecule has 0 aliphatic carbocycles. The first-order valence-corrected chi connectivity index (χ1v) is 5.35. The molecule has 0 atom stereocenters. The first kappa shape index (κ1) is 10.1. The van der Waals surface area contributed by atoms with E-state index in [1.54, 1.807) is 29.7 Å². The minimum atomic E-state index is -0.254. The summed E-state index contributed by atoms with van der Waals surface area (Å²) < 4.78 is 18.1. The number of halogens is 1. The predicted octanol–water partition coefficient (Wildman–Crippen LogP) is 3.17. The van der Waals surface area contributed by atoms with E-state index in [-0.39, 0.29) is 5.82 Å². The molecule has 0 saturated carbocycles. The zero-order valence-corrected chi connectivity index (χ0v) is 9.05. The molecule has 2 nitrogen and oxygen atoms in total. The van der Waals surface area contributed by atoms with Gasteiger partial charge >= 0.3 is 0 Å². The monoisotopic (exact) mass is 223 g/mol. The minimum Gasteiger partial charge on any atom is -0.488 e. The fraction of sp³-hybridized carbons (Fsp3) is 0.182. The largest absolute Gasteiger partial charge is 0.488 e. The standard InChI is InChI=1S/C11H10FNOS/c1-8-13-6-11(15-8)7-14-10-4-2-9(12)3-5-10/h2-6H,7H2,1H3. The van der Waals surface area contributed by atoms with Gasteiger partial charge in [-0.05, 0) is 31.2 Å². The number of thiazole rings is 1. The van der Waals surface area contributed by atoms with E-state index < -0.39 is 0 Å². The first-order chi connectivity index (χ1) is 7.24. The SMILES string of the molecule is Cc1ncc(COc2ccc(F)cc2)s1. The van der Waals surface area contributed by atoms with Crippen LogP contribution in [0, 0.1) is 12.7 Å². The number of rotatable bonds is 3. The van der Waals surface area contributed by atoms with Crippen LogP contribution in [0.15, 0.2) is 30.5 Å². The maximum absolute atomic E-state index is 12.6. The Morgan fingerprint density at radius 3 is 2.67 bits per heavy atom. The lowest BCUT2D eigenvalue weighted by Gasteiger charge is -2.03. The third kappa shape index (κ3) is 2.76. The topological polar surface area (TPSA) is 22.1 Å². The molecule has 15 heavy (non-hydrogen) atoms. The molecule has 2 rings (SSSR count). The average molecular weight is 223 g/mol. The van der Waals surface area contributed by atoms with Gasteiger partial charge in [-0.25, -0.2) is 9.37 Å². The molecule has 0 spiro atoms. The lowest BCUT2D eigenvalue weighted by Crippen LogP contribution is -1.92. The molecule has 0 fully saturated rings. The first-order valence-electron chi connectivity index (χ1n) is 4.54. The molecule has 1 heterocycles. The van der Waals surface area contributed by atoms with Gasteiger partial charge in [0.05, 0.1) is 9.88 Å². The Morgan fingerprint density at radius 2 is 2.07 bits per heavy atom. The highest BCUT2D eigenvalue weighted by atomic mass is 32.1. The van der Waals surface area contributed by atoms with Crippen LogP contribution in [0.5, 0.6) is 5.75 Å². The summed E-state index contributed by atoms with van der Waals surface area (Å²) in [6.45, 7) is 2.43. The molecular formula is C11H10FNOS. The molecule has 4 heteroatoms. The van der Waals surface area contributed by atoms with Gasteiger partial charge < -0.3 is 4.74 Å². The molecule has 0 aliphatic rings. The smallest absolute Gasteiger partial charge is 0.124 e. The second-order valence-electron chi connectivity index (χ2n) is 3.09. The van der Waals surface area contributed by atoms with E-state index >= 15 is 0 Å². The molecule has 0 aliphatic heterocycles. The second-order valence-corrected chi connectivity index (χ2v) is 4.41. The third-order valence-corrected chi connectivity index (χ3v) is 2.75. The van der Waals surface area contributed by atoms with Crippen molar-refractivity contribution in [2.75, 3.05) is 0 Å². The van der Waals surface area contributed by atoms with Gasteiger partial charge in [-0.1, -0.05) is 0 Å². The normalized spacial score (nSPS) is 10.3. The van der Waals surface area contributed by atoms with Gasteiger partial charge in [0.15, 0.2) is 0 Å². The van der Waals surface area contributed by atoms with Crippen molar-refractivity contribution in [1.29, 1.82) is 0 Å². The summed E-state index contributed by atoms with van der Waals surface area (Å²) in [6.07, 6.45) is 1.80. The maximum atomic E-state index is 12.6. The Hall–Kier alpha value is -1.42. The molecule has 1 aromatic heterocycles. The van der Waals surface area contributed by atoms with Gasteiger partial charge in [0, 0.05) is 6.20 Å². The Bertz CT molecular complexity index is 438. The maximum Gasteiger partial charge on any atom is 0.124 e. The molecule has 78 valence electrons. The van der Waals surface area contributed by atoms with Crippen molar-refractivity contribution in [1.82, 2.24) is 4.98 Å². The fourth-order valence-corrected chi connectivity index (χ4v) is 1.87. The Kier molecular flexibility index (Phi) is 2.97. The number of aryl methyl sites for hydroxylation is 1. The van der Waals surface area contributed by atoms with E-state index in [2.05, 4.69) is 4.98 Å². The molecule has 0 amide bonds. The Morgan fingerprint density at radius 1 is 1.33 bits per heavy atom. The van der Waals surface area contributed by atoms with Crippen LogP contribution in [-0.4, -0.2) is 4.98 Å². The van der Waals surface area contributed by atoms with Crippen molar-refractivity contribution in [3.05, 3.63) is 46.2 Å². The van der Waals surface area contributed by atoms with Gasteiger partial charge in [0.2, 0.25) is 0 Å². The highest BCUT2D eigenvalue weighted by Gasteiger charge is 1.99. The van der Waals surface area contributed by atoms with Crippen LogP contribution in [0.25, 0.3) is 0 Å². The summed E-state index contributed by atoms with van der Waals surface area (Å²) >= 11 is 1.60. The van der Waals surface area contributed by atoms with Crippen LogP contribution >= 0.6 is 11.3 Å². The van der Waals surface area contributed by atoms with E-state index in [1.165, 1.54) is 12.1 Å². The average Bonchev–Trinajstić information content (AvgIpc) is 2.64. The third-order valence-electron chi connectivity index (χ3n) is 1.86. The van der Waals surface area contributed by atoms with Crippen LogP contribution in [0.4, 0.5) is 4.39 Å². The highest BCUT2D eigenvalue weighted by Crippen LogP contribution is 2.16. The molecule has 2 aromatic rings. The van der Waals surface area contributed by atoms with Gasteiger partial charge in [-0.3, -0.25) is 0 Å². The lowest BCUT2D eigenvalue weighted by atomic mass is 10.3. The summed E-state index contributed by atoms with van der Waals surface area (Å²) in [6, 6.07) is 5.99. The Labute approximate surface area is 91.4 Å². The van der Waals surface area contributed by atoms with Crippen molar-refractivity contribution in [3.63, 3.8) is 0 Å². The lowest BCUT2D eigenvalue weighted by molar-refractivity contribution is 0.309. The minimum absolute atomic E-state index is 0.254. The fourth-order valence-electron chi connectivity index (χ4n) is 1.16. The van der Waals surface area contributed by atoms with Crippen molar-refractivity contribution in [2.45, 2.75) is 13.5 Å². The van der Waals surface area contributed by atoms with Crippen molar-refractivity contribution in [2.24, 2.45) is 0 Å². The molecule has 0 N–H and O–H groups in total. The van der Waals surface area contributed by atoms with Crippen LogP contribution in [-0.2, 0) is 6.61 Å². The van der Waals surface area contributed by atoms with E-state index in [0.717, 1.165) is 9.88 Å². The number of benzene rings is 1. The molecule has 0 bridgehead atoms. The van der Waals surface area contributed by atoms with Crippen LogP contribution in [0.3, 0.4) is 0 Å². The Balaban J connectivity index is 1.96. The van der Waals surface area contributed by atoms with Gasteiger partial charge in [0.25, 0.3) is 0 Å². The molecule has 0 unspecified atom stereocenters. The molecule has 0 saturated heterocycles. The van der Waals surface area contributed by atoms with Crippen LogP contribution in [0.1, 0.15) is 9.88 Å². The predicted molar refractivity (Wildman–Crippen MR) is 57.6 cm³/mol. The summed E-state index contributed by atoms with van der Waals surface area (Å²) in [5.41, 5.74) is 0. The van der Waals surface area contributed by atoms with E-state index in [4.69, 9.17) is 4.74 Å². The van der Waals surface area contributed by atoms with Crippen LogP contribution in [0.2, 0.25) is 0 Å². The number of aromatic nitrogens is 1. The quantitative estimate of drug-likeness (QED) is 0.797. The number of nitrogens with zero attached hydrogens (tertiary/aromatic N) is 1. The number of hydrogen-bond acceptors (Lipinski definition) is 3. The molecule has 1 aromatic carbocycles. The van der Waals surface area contributed by atoms with Crippen LogP contribution < -0.4 is 4.74 Å². The van der Waals surface area contributed by atoms with Crippen molar-refractivity contribution < 1.29 is 9.13 Å². The number of ether oxygens (including phenoxy) is 1. The summed E-state index contributed by atoms with van der Waals surface area (Å²) in [5.74, 6) is 0.415. The zero-order chi connectivity index (χ0) is 10.7. The summed E-state index contributed by atoms with van der Waals surface area (Å²) in [5, 5.41) is 1.02. The van der Waals surface area contributed by atoms with Crippen molar-refractivity contribution >= 4 is 11.3 Å². The van der Waals surface area contributed by atoms with E-state index in [0.29, 0.717) is 12.4 Å². The van der Waals surface area contributed by atoms with Gasteiger partial charge in [-0.15, -0.1) is 11.3 Å². The molecule has 0 radical (unpaired) electrons. The highest BCUT2D eigenvalue weighted by molar-refractivity contribution is 7.11. The molecular weight excluding hydrogens is 213 g/mol.